The summed E-state index contributed by atoms with van der Waals surface area (Å²) < 4.78 is 14.3. The molecule has 0 aliphatic rings. The number of aromatic nitrogens is 5. The minimum Gasteiger partial charge on any atom is -0.494 e. The molecule has 39 heavy (non-hydrogen) atoms. The van der Waals surface area contributed by atoms with E-state index in [1.54, 1.807) is 41.3 Å². The van der Waals surface area contributed by atoms with Crippen molar-refractivity contribution >= 4 is 0 Å². The molecular formula is C30H29N5O4. The Hall–Kier alpha value is -4.92. The Kier molecular flexibility index (Phi) is 7.14. The fraction of sp³-hybridized carbons (Fsp3) is 0.200. The van der Waals surface area contributed by atoms with E-state index in [1.807, 2.05) is 50.4 Å². The van der Waals surface area contributed by atoms with Gasteiger partial charge >= 0.3 is 0 Å². The van der Waals surface area contributed by atoms with Crippen molar-refractivity contribution in [3.05, 3.63) is 100 Å². The van der Waals surface area contributed by atoms with E-state index in [1.165, 1.54) is 18.8 Å². The van der Waals surface area contributed by atoms with Gasteiger partial charge in [0.2, 0.25) is 5.88 Å². The molecule has 0 saturated carbocycles. The summed E-state index contributed by atoms with van der Waals surface area (Å²) in [5.41, 5.74) is 4.56. The van der Waals surface area contributed by atoms with E-state index in [0.717, 1.165) is 22.3 Å². The van der Waals surface area contributed by atoms with Gasteiger partial charge in [0, 0.05) is 31.6 Å². The third-order valence-electron chi connectivity index (χ3n) is 6.64. The van der Waals surface area contributed by atoms with Crippen LogP contribution < -0.4 is 15.0 Å². The fourth-order valence-corrected chi connectivity index (χ4v) is 4.59. The minimum absolute atomic E-state index is 0.148. The summed E-state index contributed by atoms with van der Waals surface area (Å²) in [6, 6.07) is 16.9. The Bertz CT molecular complexity index is 1670. The zero-order valence-corrected chi connectivity index (χ0v) is 22.3. The number of rotatable bonds is 8. The number of ether oxygens (including phenoxy) is 2. The van der Waals surface area contributed by atoms with Gasteiger partial charge in [-0.25, -0.2) is 0 Å². The lowest BCUT2D eigenvalue weighted by molar-refractivity contribution is 0.389. The largest absolute Gasteiger partial charge is 0.494 e. The number of pyridine rings is 1. The quantitative estimate of drug-likeness (QED) is 0.312. The molecular weight excluding hydrogens is 494 g/mol. The van der Waals surface area contributed by atoms with Gasteiger partial charge in [0.05, 0.1) is 19.8 Å². The summed E-state index contributed by atoms with van der Waals surface area (Å²) in [5.74, 6) is 0.672. The van der Waals surface area contributed by atoms with Crippen LogP contribution in [0.2, 0.25) is 0 Å². The van der Waals surface area contributed by atoms with Crippen LogP contribution in [-0.2, 0) is 13.0 Å². The van der Waals surface area contributed by atoms with Crippen molar-refractivity contribution in [2.24, 2.45) is 0 Å². The number of hydrogen-bond donors (Lipinski definition) is 1. The smallest absolute Gasteiger partial charge is 0.266 e. The van der Waals surface area contributed by atoms with Crippen LogP contribution >= 0.6 is 0 Å². The van der Waals surface area contributed by atoms with E-state index in [-0.39, 0.29) is 23.7 Å². The topological polar surface area (TPSA) is 104 Å². The van der Waals surface area contributed by atoms with Crippen molar-refractivity contribution in [1.29, 1.82) is 0 Å². The fourth-order valence-electron chi connectivity index (χ4n) is 4.59. The van der Waals surface area contributed by atoms with Gasteiger partial charge in [0.1, 0.15) is 22.9 Å². The second kappa shape index (κ2) is 10.8. The van der Waals surface area contributed by atoms with Gasteiger partial charge in [-0.15, -0.1) is 0 Å². The number of nitrogens with zero attached hydrogens (tertiary/aromatic N) is 5. The number of hydrogen-bond acceptors (Lipinski definition) is 7. The number of benzene rings is 2. The van der Waals surface area contributed by atoms with Crippen molar-refractivity contribution in [3.8, 4) is 45.7 Å². The second-order valence-corrected chi connectivity index (χ2v) is 9.01. The van der Waals surface area contributed by atoms with Crippen molar-refractivity contribution < 1.29 is 14.6 Å². The molecule has 0 radical (unpaired) electrons. The number of para-hydroxylation sites is 1. The highest BCUT2D eigenvalue weighted by molar-refractivity contribution is 5.67. The van der Waals surface area contributed by atoms with Crippen molar-refractivity contribution in [2.75, 3.05) is 14.2 Å². The zero-order valence-electron chi connectivity index (χ0n) is 22.3. The maximum absolute atomic E-state index is 14.1. The first-order valence-electron chi connectivity index (χ1n) is 12.5. The highest BCUT2D eigenvalue weighted by Gasteiger charge is 2.25. The molecule has 0 aliphatic heterocycles. The van der Waals surface area contributed by atoms with Crippen molar-refractivity contribution in [1.82, 2.24) is 24.3 Å². The van der Waals surface area contributed by atoms with Crippen LogP contribution in [0.5, 0.6) is 17.4 Å². The predicted octanol–water partition coefficient (Wildman–Crippen LogP) is 4.80. The van der Waals surface area contributed by atoms with Gasteiger partial charge in [-0.05, 0) is 60.4 Å². The molecule has 3 heterocycles. The molecule has 0 fully saturated rings. The molecule has 2 aromatic carbocycles. The van der Waals surface area contributed by atoms with Crippen molar-refractivity contribution in [2.45, 2.75) is 26.8 Å². The SMILES string of the molecule is CCn1ccc(-c2nc(O)c(Cc3ccc(-c4ccncc4C)cc3)c(=O)n2-c2c(OC)cccc2OC)n1. The standard InChI is InChI=1S/C30H29N5O4/c1-5-34-16-14-24(33-34)28-32-29(36)23(30(37)35(28)27-25(38-3)7-6-8-26(27)39-4)17-20-9-11-21(12-10-20)22-13-15-31-18-19(22)2/h6-16,18,36H,5,17H2,1-4H3. The van der Waals surface area contributed by atoms with Crippen LogP contribution in [0.25, 0.3) is 28.3 Å². The summed E-state index contributed by atoms with van der Waals surface area (Å²) in [4.78, 5) is 22.8. The molecule has 0 unspecified atom stereocenters. The molecule has 1 N–H and O–H groups in total. The lowest BCUT2D eigenvalue weighted by atomic mass is 9.99. The van der Waals surface area contributed by atoms with E-state index in [2.05, 4.69) is 15.1 Å². The van der Waals surface area contributed by atoms with E-state index >= 15 is 0 Å². The molecule has 3 aromatic heterocycles. The zero-order chi connectivity index (χ0) is 27.5. The van der Waals surface area contributed by atoms with Crippen molar-refractivity contribution in [3.63, 3.8) is 0 Å². The molecule has 0 aliphatic carbocycles. The first kappa shape index (κ1) is 25.7. The first-order chi connectivity index (χ1) is 18.9. The van der Waals surface area contributed by atoms with E-state index in [0.29, 0.717) is 29.4 Å². The van der Waals surface area contributed by atoms with Gasteiger partial charge in [-0.2, -0.15) is 10.1 Å². The second-order valence-electron chi connectivity index (χ2n) is 9.01. The number of aryl methyl sites for hydroxylation is 2. The maximum atomic E-state index is 14.1. The normalized spacial score (nSPS) is 11.0. The maximum Gasteiger partial charge on any atom is 0.266 e. The molecule has 0 amide bonds. The Morgan fingerprint density at radius 1 is 0.974 bits per heavy atom. The highest BCUT2D eigenvalue weighted by Crippen LogP contribution is 2.35. The first-order valence-corrected chi connectivity index (χ1v) is 12.5. The van der Waals surface area contributed by atoms with Gasteiger partial charge in [-0.1, -0.05) is 30.3 Å². The van der Waals surface area contributed by atoms with Gasteiger partial charge in [-0.3, -0.25) is 19.0 Å². The van der Waals surface area contributed by atoms with Gasteiger partial charge in [0.25, 0.3) is 5.56 Å². The summed E-state index contributed by atoms with van der Waals surface area (Å²) in [7, 11) is 3.05. The Balaban J connectivity index is 1.66. The van der Waals surface area contributed by atoms with Crippen LogP contribution in [0.3, 0.4) is 0 Å². The lowest BCUT2D eigenvalue weighted by Crippen LogP contribution is -2.26. The summed E-state index contributed by atoms with van der Waals surface area (Å²) >= 11 is 0. The Morgan fingerprint density at radius 3 is 2.31 bits per heavy atom. The highest BCUT2D eigenvalue weighted by atomic mass is 16.5. The third kappa shape index (κ3) is 4.86. The molecule has 0 saturated heterocycles. The number of aromatic hydroxyl groups is 1. The minimum atomic E-state index is -0.444. The third-order valence-corrected chi connectivity index (χ3v) is 6.64. The summed E-state index contributed by atoms with van der Waals surface area (Å²) in [6.45, 7) is 4.61. The molecule has 0 bridgehead atoms. The van der Waals surface area contributed by atoms with Crippen LogP contribution in [0.1, 0.15) is 23.6 Å². The molecule has 9 nitrogen and oxygen atoms in total. The molecule has 0 atom stereocenters. The molecule has 198 valence electrons. The van der Waals surface area contributed by atoms with Crippen LogP contribution in [0.15, 0.2) is 78.0 Å². The molecule has 5 rings (SSSR count). The summed E-state index contributed by atoms with van der Waals surface area (Å²) in [6.07, 6.45) is 5.56. The van der Waals surface area contributed by atoms with Crippen LogP contribution in [0.4, 0.5) is 0 Å². The Labute approximate surface area is 226 Å². The lowest BCUT2D eigenvalue weighted by Gasteiger charge is -2.19. The van der Waals surface area contributed by atoms with Crippen LogP contribution in [0, 0.1) is 6.92 Å². The van der Waals surface area contributed by atoms with Gasteiger partial charge < -0.3 is 14.6 Å². The van der Waals surface area contributed by atoms with Gasteiger partial charge in [0.15, 0.2) is 5.82 Å². The average Bonchev–Trinajstić information content (AvgIpc) is 3.45. The molecule has 0 spiro atoms. The van der Waals surface area contributed by atoms with E-state index in [4.69, 9.17) is 9.47 Å². The van der Waals surface area contributed by atoms with E-state index < -0.39 is 5.56 Å². The molecule has 5 aromatic rings. The Morgan fingerprint density at radius 2 is 1.69 bits per heavy atom. The van der Waals surface area contributed by atoms with E-state index in [9.17, 15) is 9.90 Å². The predicted molar refractivity (Wildman–Crippen MR) is 149 cm³/mol. The summed E-state index contributed by atoms with van der Waals surface area (Å²) in [5, 5.41) is 15.6. The monoisotopic (exact) mass is 523 g/mol. The van der Waals surface area contributed by atoms with Crippen LogP contribution in [-0.4, -0.2) is 43.6 Å². The number of methoxy groups -OCH3 is 2. The average molecular weight is 524 g/mol. The molecule has 9 heteroatoms.